The van der Waals surface area contributed by atoms with E-state index in [9.17, 15) is 4.79 Å². The van der Waals surface area contributed by atoms with Gasteiger partial charge in [0, 0.05) is 10.7 Å². The number of nitrogens with one attached hydrogen (secondary N) is 2. The molecule has 1 amide bonds. The molecule has 8 heteroatoms. The first-order valence-corrected chi connectivity index (χ1v) is 9.59. The van der Waals surface area contributed by atoms with Crippen molar-refractivity contribution in [1.29, 1.82) is 0 Å². The van der Waals surface area contributed by atoms with Crippen molar-refractivity contribution in [3.63, 3.8) is 0 Å². The fourth-order valence-electron chi connectivity index (χ4n) is 2.50. The number of aromatic amines is 1. The Balaban J connectivity index is 1.65. The third kappa shape index (κ3) is 4.61. The van der Waals surface area contributed by atoms with E-state index in [1.165, 1.54) is 11.8 Å². The fraction of sp³-hybridized carbons (Fsp3) is 0.211. The van der Waals surface area contributed by atoms with Crippen molar-refractivity contribution in [3.05, 3.63) is 52.5 Å². The Hall–Kier alpha value is -2.51. The Bertz CT molecular complexity index is 974. The summed E-state index contributed by atoms with van der Waals surface area (Å²) in [5.41, 5.74) is 3.72. The number of ether oxygens (including phenoxy) is 1. The number of H-pyrrole nitrogens is 1. The van der Waals surface area contributed by atoms with Crippen LogP contribution in [-0.4, -0.2) is 34.0 Å². The maximum Gasteiger partial charge on any atom is 0.234 e. The number of hydrogen-bond donors (Lipinski definition) is 2. The average molecular weight is 403 g/mol. The lowest BCUT2D eigenvalue weighted by molar-refractivity contribution is -0.113. The Kier molecular flexibility index (Phi) is 6.03. The van der Waals surface area contributed by atoms with Crippen molar-refractivity contribution in [1.82, 2.24) is 15.2 Å². The molecule has 0 aliphatic rings. The molecular weight excluding hydrogens is 384 g/mol. The van der Waals surface area contributed by atoms with Gasteiger partial charge in [0.15, 0.2) is 5.82 Å². The molecule has 0 unspecified atom stereocenters. The summed E-state index contributed by atoms with van der Waals surface area (Å²) < 4.78 is 5.33. The molecule has 0 saturated heterocycles. The lowest BCUT2D eigenvalue weighted by Gasteiger charge is -2.09. The summed E-state index contributed by atoms with van der Waals surface area (Å²) in [5.74, 6) is 1.27. The second-order valence-corrected chi connectivity index (χ2v) is 7.27. The topological polar surface area (TPSA) is 79.9 Å². The summed E-state index contributed by atoms with van der Waals surface area (Å²) in [7, 11) is 1.58. The number of methoxy groups -OCH3 is 1. The summed E-state index contributed by atoms with van der Waals surface area (Å²) >= 11 is 7.31. The predicted octanol–water partition coefficient (Wildman–Crippen LogP) is 4.48. The zero-order valence-corrected chi connectivity index (χ0v) is 16.7. The number of rotatable bonds is 6. The van der Waals surface area contributed by atoms with Crippen LogP contribution in [0.3, 0.4) is 0 Å². The number of carbonyl (C=O) groups is 1. The minimum Gasteiger partial charge on any atom is -0.496 e. The molecule has 1 aromatic heterocycles. The number of aryl methyl sites for hydroxylation is 1. The van der Waals surface area contributed by atoms with E-state index in [1.807, 2.05) is 32.0 Å². The van der Waals surface area contributed by atoms with Gasteiger partial charge >= 0.3 is 0 Å². The van der Waals surface area contributed by atoms with Crippen LogP contribution in [0.25, 0.3) is 11.4 Å². The number of benzene rings is 2. The monoisotopic (exact) mass is 402 g/mol. The molecule has 140 valence electrons. The molecule has 6 nitrogen and oxygen atoms in total. The summed E-state index contributed by atoms with van der Waals surface area (Å²) in [5, 5.41) is 11.0. The van der Waals surface area contributed by atoms with Crippen molar-refractivity contribution in [2.24, 2.45) is 0 Å². The molecule has 0 atom stereocenters. The van der Waals surface area contributed by atoms with E-state index in [4.69, 9.17) is 16.3 Å². The number of amides is 1. The molecule has 0 aliphatic carbocycles. The van der Waals surface area contributed by atoms with Crippen LogP contribution in [0.5, 0.6) is 5.75 Å². The highest BCUT2D eigenvalue weighted by Crippen LogP contribution is 2.31. The van der Waals surface area contributed by atoms with E-state index in [0.717, 1.165) is 16.8 Å². The van der Waals surface area contributed by atoms with Crippen molar-refractivity contribution < 1.29 is 9.53 Å². The fourth-order valence-corrected chi connectivity index (χ4v) is 3.27. The number of carbonyl (C=O) groups excluding carboxylic acids is 1. The first-order chi connectivity index (χ1) is 13.0. The quantitative estimate of drug-likeness (QED) is 0.594. The van der Waals surface area contributed by atoms with Crippen molar-refractivity contribution in [3.8, 4) is 17.1 Å². The van der Waals surface area contributed by atoms with Gasteiger partial charge in [-0.3, -0.25) is 9.89 Å². The number of thioether (sulfide) groups is 1. The maximum atomic E-state index is 12.2. The van der Waals surface area contributed by atoms with Crippen LogP contribution in [0.15, 0.2) is 41.6 Å². The standard InChI is InChI=1S/C19H19ClN4O2S/c1-11-5-4-6-15(12(11)2)21-17(25)10-27-19-22-18(23-24-19)14-9-13(20)7-8-16(14)26-3/h4-9H,10H2,1-3H3,(H,21,25)(H,22,23,24). The van der Waals surface area contributed by atoms with Gasteiger partial charge in [0.1, 0.15) is 5.75 Å². The highest BCUT2D eigenvalue weighted by Gasteiger charge is 2.13. The van der Waals surface area contributed by atoms with Gasteiger partial charge in [-0.05, 0) is 49.2 Å². The highest BCUT2D eigenvalue weighted by molar-refractivity contribution is 7.99. The third-order valence-corrected chi connectivity index (χ3v) is 5.18. The number of anilines is 1. The van der Waals surface area contributed by atoms with Gasteiger partial charge in [-0.15, -0.1) is 5.10 Å². The molecule has 0 fully saturated rings. The van der Waals surface area contributed by atoms with Crippen molar-refractivity contribution >= 4 is 35.0 Å². The van der Waals surface area contributed by atoms with Gasteiger partial charge in [-0.1, -0.05) is 35.5 Å². The zero-order valence-electron chi connectivity index (χ0n) is 15.2. The predicted molar refractivity (Wildman–Crippen MR) is 109 cm³/mol. The highest BCUT2D eigenvalue weighted by atomic mass is 35.5. The number of aromatic nitrogens is 3. The molecule has 27 heavy (non-hydrogen) atoms. The van der Waals surface area contributed by atoms with E-state index in [0.29, 0.717) is 27.3 Å². The van der Waals surface area contributed by atoms with Gasteiger partial charge in [-0.25, -0.2) is 4.98 Å². The van der Waals surface area contributed by atoms with Crippen LogP contribution in [0.1, 0.15) is 11.1 Å². The number of nitrogens with zero attached hydrogens (tertiary/aromatic N) is 2. The molecule has 1 heterocycles. The largest absolute Gasteiger partial charge is 0.496 e. The molecule has 0 radical (unpaired) electrons. The molecule has 3 aromatic rings. The van der Waals surface area contributed by atoms with Crippen molar-refractivity contribution in [2.45, 2.75) is 19.0 Å². The smallest absolute Gasteiger partial charge is 0.234 e. The molecule has 0 bridgehead atoms. The van der Waals surface area contributed by atoms with Gasteiger partial charge < -0.3 is 10.1 Å². The SMILES string of the molecule is COc1ccc(Cl)cc1-c1nc(SCC(=O)Nc2cccc(C)c2C)n[nH]1. The first kappa shape index (κ1) is 19.3. The molecule has 0 spiro atoms. The Morgan fingerprint density at radius 3 is 2.89 bits per heavy atom. The lowest BCUT2D eigenvalue weighted by Crippen LogP contribution is -2.15. The van der Waals surface area contributed by atoms with E-state index < -0.39 is 0 Å². The van der Waals surface area contributed by atoms with Gasteiger partial charge in [0.05, 0.1) is 18.4 Å². The normalized spacial score (nSPS) is 10.7. The summed E-state index contributed by atoms with van der Waals surface area (Å²) in [6.45, 7) is 4.00. The average Bonchev–Trinajstić information content (AvgIpc) is 3.13. The van der Waals surface area contributed by atoms with Gasteiger partial charge in [0.2, 0.25) is 11.1 Å². The van der Waals surface area contributed by atoms with E-state index >= 15 is 0 Å². The van der Waals surface area contributed by atoms with Gasteiger partial charge in [0.25, 0.3) is 0 Å². The third-order valence-electron chi connectivity index (χ3n) is 4.09. The molecule has 0 saturated carbocycles. The molecular formula is C19H19ClN4O2S. The van der Waals surface area contributed by atoms with Crippen LogP contribution >= 0.6 is 23.4 Å². The first-order valence-electron chi connectivity index (χ1n) is 8.23. The summed E-state index contributed by atoms with van der Waals surface area (Å²) in [6, 6.07) is 11.1. The number of halogens is 1. The minimum absolute atomic E-state index is 0.111. The Labute approximate surface area is 166 Å². The molecule has 0 aliphatic heterocycles. The summed E-state index contributed by atoms with van der Waals surface area (Å²) in [4.78, 5) is 16.7. The van der Waals surface area contributed by atoms with Crippen LogP contribution in [0, 0.1) is 13.8 Å². The number of hydrogen-bond acceptors (Lipinski definition) is 5. The van der Waals surface area contributed by atoms with Crippen LogP contribution < -0.4 is 10.1 Å². The van der Waals surface area contributed by atoms with E-state index in [2.05, 4.69) is 20.5 Å². The summed E-state index contributed by atoms with van der Waals surface area (Å²) in [6.07, 6.45) is 0. The van der Waals surface area contributed by atoms with Gasteiger partial charge in [-0.2, -0.15) is 0 Å². The van der Waals surface area contributed by atoms with Crippen LogP contribution in [0.4, 0.5) is 5.69 Å². The second-order valence-electron chi connectivity index (χ2n) is 5.90. The lowest BCUT2D eigenvalue weighted by atomic mass is 10.1. The Morgan fingerprint density at radius 1 is 1.30 bits per heavy atom. The van der Waals surface area contributed by atoms with Crippen LogP contribution in [0.2, 0.25) is 5.02 Å². The van der Waals surface area contributed by atoms with E-state index in [-0.39, 0.29) is 11.7 Å². The Morgan fingerprint density at radius 2 is 2.11 bits per heavy atom. The molecule has 3 rings (SSSR count). The van der Waals surface area contributed by atoms with Crippen molar-refractivity contribution in [2.75, 3.05) is 18.2 Å². The molecule has 2 aromatic carbocycles. The second kappa shape index (κ2) is 8.45. The zero-order chi connectivity index (χ0) is 19.4. The van der Waals surface area contributed by atoms with E-state index in [1.54, 1.807) is 25.3 Å². The minimum atomic E-state index is -0.111. The molecule has 2 N–H and O–H groups in total. The van der Waals surface area contributed by atoms with Crippen LogP contribution in [-0.2, 0) is 4.79 Å². The maximum absolute atomic E-state index is 12.2.